The van der Waals surface area contributed by atoms with Gasteiger partial charge in [-0.2, -0.15) is 0 Å². The fourth-order valence-electron chi connectivity index (χ4n) is 1.72. The number of benzene rings is 1. The van der Waals surface area contributed by atoms with Gasteiger partial charge in [0.05, 0.1) is 11.4 Å². The van der Waals surface area contributed by atoms with E-state index in [1.54, 1.807) is 29.7 Å². The summed E-state index contributed by atoms with van der Waals surface area (Å²) in [4.78, 5) is 1.19. The molecule has 1 atom stereocenters. The highest BCUT2D eigenvalue weighted by Crippen LogP contribution is 2.48. The van der Waals surface area contributed by atoms with Gasteiger partial charge in [-0.3, -0.25) is 4.57 Å². The maximum Gasteiger partial charge on any atom is 0.344 e. The Morgan fingerprint density at radius 1 is 1.25 bits per heavy atom. The first-order chi connectivity index (χ1) is 9.60. The van der Waals surface area contributed by atoms with Gasteiger partial charge in [-0.25, -0.2) is 4.76 Å². The van der Waals surface area contributed by atoms with E-state index in [9.17, 15) is 4.57 Å². The van der Waals surface area contributed by atoms with Gasteiger partial charge in [0.1, 0.15) is 0 Å². The second-order valence-corrected chi connectivity index (χ2v) is 7.62. The number of hydrogen-bond donors (Lipinski definition) is 0. The molecule has 3 nitrogen and oxygen atoms in total. The molecule has 20 heavy (non-hydrogen) atoms. The van der Waals surface area contributed by atoms with Gasteiger partial charge in [-0.15, -0.1) is 11.3 Å². The van der Waals surface area contributed by atoms with Crippen molar-refractivity contribution in [3.63, 3.8) is 0 Å². The minimum absolute atomic E-state index is 0.139. The summed E-state index contributed by atoms with van der Waals surface area (Å²) in [6, 6.07) is 13.2. The van der Waals surface area contributed by atoms with Crippen LogP contribution in [0.4, 0.5) is 0 Å². The predicted octanol–water partition coefficient (Wildman–Crippen LogP) is 4.31. The van der Waals surface area contributed by atoms with Crippen LogP contribution in [0.2, 0.25) is 0 Å². The van der Waals surface area contributed by atoms with Crippen LogP contribution in [0.15, 0.2) is 52.6 Å². The molecule has 0 spiro atoms. The Bertz CT molecular complexity index is 594. The van der Waals surface area contributed by atoms with Crippen LogP contribution in [-0.2, 0) is 15.5 Å². The van der Waals surface area contributed by atoms with Gasteiger partial charge in [0.2, 0.25) is 0 Å². The largest absolute Gasteiger partial charge is 0.344 e. The third-order valence-corrected chi connectivity index (χ3v) is 5.57. The highest BCUT2D eigenvalue weighted by atomic mass is 32.1. The molecule has 0 aliphatic rings. The molecular weight excluding hydrogens is 289 g/mol. The highest BCUT2D eigenvalue weighted by molar-refractivity contribution is 7.65. The minimum atomic E-state index is -3.17. The average Bonchev–Trinajstić information content (AvgIpc) is 2.92. The lowest BCUT2D eigenvalue weighted by Crippen LogP contribution is -2.10. The zero-order chi connectivity index (χ0) is 14.4. The van der Waals surface area contributed by atoms with Crippen LogP contribution in [0, 0.1) is 0 Å². The molecule has 0 saturated heterocycles. The number of hydrogen-bond acceptors (Lipinski definition) is 3. The van der Waals surface area contributed by atoms with Crippen LogP contribution in [0.1, 0.15) is 18.7 Å². The normalized spacial score (nSPS) is 14.8. The van der Waals surface area contributed by atoms with E-state index in [4.69, 9.17) is 4.52 Å². The van der Waals surface area contributed by atoms with Crippen LogP contribution >= 0.6 is 18.9 Å². The summed E-state index contributed by atoms with van der Waals surface area (Å²) < 4.78 is 22.8. The van der Waals surface area contributed by atoms with Crippen LogP contribution in [-0.4, -0.2) is 12.3 Å². The van der Waals surface area contributed by atoms with Crippen molar-refractivity contribution in [2.75, 3.05) is 0 Å². The van der Waals surface area contributed by atoms with E-state index in [1.807, 2.05) is 49.6 Å². The maximum absolute atomic E-state index is 12.9. The van der Waals surface area contributed by atoms with Crippen molar-refractivity contribution in [1.82, 2.24) is 0 Å². The summed E-state index contributed by atoms with van der Waals surface area (Å²) in [5.74, 6) is 0. The summed E-state index contributed by atoms with van der Waals surface area (Å²) >= 11 is 1.66. The molecule has 0 bridgehead atoms. The molecule has 0 amide bonds. The van der Waals surface area contributed by atoms with E-state index in [1.165, 1.54) is 4.88 Å². The van der Waals surface area contributed by atoms with Crippen molar-refractivity contribution in [2.24, 2.45) is 4.76 Å². The Labute approximate surface area is 123 Å². The second kappa shape index (κ2) is 6.98. The van der Waals surface area contributed by atoms with Gasteiger partial charge >= 0.3 is 7.52 Å². The summed E-state index contributed by atoms with van der Waals surface area (Å²) in [7, 11) is -3.17. The average molecular weight is 307 g/mol. The van der Waals surface area contributed by atoms with Gasteiger partial charge in [-0.05, 0) is 37.4 Å². The maximum atomic E-state index is 12.9. The highest BCUT2D eigenvalue weighted by Gasteiger charge is 2.25. The monoisotopic (exact) mass is 307 g/mol. The predicted molar refractivity (Wildman–Crippen MR) is 86.4 cm³/mol. The fraction of sp³-hybridized carbons (Fsp3) is 0.267. The standard InChI is InChI=1S/C15H18NO2PS/c1-13(2)18-19(17,14-7-4-3-5-8-14)16-11-10-15-9-6-12-20-15/h3-9,11-13H,10H2,1-2H3. The van der Waals surface area contributed by atoms with Gasteiger partial charge in [0.25, 0.3) is 0 Å². The smallest absolute Gasteiger partial charge is 0.306 e. The van der Waals surface area contributed by atoms with E-state index in [2.05, 4.69) is 4.76 Å². The molecule has 1 unspecified atom stereocenters. The molecular formula is C15H18NO2PS. The number of thiophene rings is 1. The first-order valence-electron chi connectivity index (χ1n) is 6.51. The SMILES string of the molecule is CC(C)OP(=O)(N=CCc1cccs1)c1ccccc1. The summed E-state index contributed by atoms with van der Waals surface area (Å²) in [5, 5.41) is 2.65. The van der Waals surface area contributed by atoms with E-state index in [-0.39, 0.29) is 6.10 Å². The molecule has 0 fully saturated rings. The summed E-state index contributed by atoms with van der Waals surface area (Å²) in [6.07, 6.45) is 2.23. The molecule has 106 valence electrons. The van der Waals surface area contributed by atoms with Crippen LogP contribution in [0.5, 0.6) is 0 Å². The van der Waals surface area contributed by atoms with Crippen molar-refractivity contribution in [3.8, 4) is 0 Å². The Hall–Kier alpha value is -1.22. The van der Waals surface area contributed by atoms with E-state index < -0.39 is 7.52 Å². The summed E-state index contributed by atoms with van der Waals surface area (Å²) in [5.41, 5.74) is 0. The molecule has 1 heterocycles. The van der Waals surface area contributed by atoms with Crippen molar-refractivity contribution in [1.29, 1.82) is 0 Å². The first-order valence-corrected chi connectivity index (χ1v) is 8.96. The first kappa shape index (κ1) is 15.2. The third-order valence-electron chi connectivity index (χ3n) is 2.54. The Morgan fingerprint density at radius 2 is 2.00 bits per heavy atom. The Kier molecular flexibility index (Phi) is 5.30. The fourth-order valence-corrected chi connectivity index (χ4v) is 4.11. The number of nitrogens with zero attached hydrogens (tertiary/aromatic N) is 1. The van der Waals surface area contributed by atoms with Crippen LogP contribution < -0.4 is 5.30 Å². The van der Waals surface area contributed by atoms with Crippen molar-refractivity contribution < 1.29 is 9.09 Å². The zero-order valence-corrected chi connectivity index (χ0v) is 13.3. The van der Waals surface area contributed by atoms with Gasteiger partial charge < -0.3 is 4.52 Å². The van der Waals surface area contributed by atoms with Gasteiger partial charge in [0.15, 0.2) is 0 Å². The molecule has 2 aromatic rings. The molecule has 0 aliphatic heterocycles. The Balaban J connectivity index is 2.19. The van der Waals surface area contributed by atoms with Crippen LogP contribution in [0.3, 0.4) is 0 Å². The molecule has 1 aromatic heterocycles. The van der Waals surface area contributed by atoms with E-state index >= 15 is 0 Å². The molecule has 1 aromatic carbocycles. The van der Waals surface area contributed by atoms with Crippen molar-refractivity contribution in [2.45, 2.75) is 26.4 Å². The van der Waals surface area contributed by atoms with Crippen molar-refractivity contribution >= 4 is 30.4 Å². The lowest BCUT2D eigenvalue weighted by Gasteiger charge is -2.16. The lowest BCUT2D eigenvalue weighted by atomic mass is 10.4. The van der Waals surface area contributed by atoms with E-state index in [0.29, 0.717) is 11.7 Å². The third kappa shape index (κ3) is 4.14. The van der Waals surface area contributed by atoms with Gasteiger partial charge in [0, 0.05) is 17.5 Å². The summed E-state index contributed by atoms with van der Waals surface area (Å²) in [6.45, 7) is 3.73. The molecule has 0 radical (unpaired) electrons. The van der Waals surface area contributed by atoms with Crippen LogP contribution in [0.25, 0.3) is 0 Å². The minimum Gasteiger partial charge on any atom is -0.306 e. The quantitative estimate of drug-likeness (QED) is 0.589. The Morgan fingerprint density at radius 3 is 2.60 bits per heavy atom. The number of rotatable bonds is 6. The van der Waals surface area contributed by atoms with Crippen molar-refractivity contribution in [3.05, 3.63) is 52.7 Å². The lowest BCUT2D eigenvalue weighted by molar-refractivity contribution is 0.249. The second-order valence-electron chi connectivity index (χ2n) is 4.59. The van der Waals surface area contributed by atoms with E-state index in [0.717, 1.165) is 0 Å². The molecule has 0 aliphatic carbocycles. The zero-order valence-electron chi connectivity index (χ0n) is 11.6. The van der Waals surface area contributed by atoms with Gasteiger partial charge in [-0.1, -0.05) is 24.3 Å². The molecule has 2 rings (SSSR count). The molecule has 5 heteroatoms. The molecule has 0 saturated carbocycles. The molecule has 0 N–H and O–H groups in total. The topological polar surface area (TPSA) is 38.7 Å².